The average molecular weight is 481 g/mol. The van der Waals surface area contributed by atoms with Crippen molar-refractivity contribution in [2.75, 3.05) is 0 Å². The van der Waals surface area contributed by atoms with Crippen molar-refractivity contribution >= 4 is 5.78 Å². The van der Waals surface area contributed by atoms with Crippen LogP contribution in [0, 0.1) is 28.6 Å². The van der Waals surface area contributed by atoms with Crippen molar-refractivity contribution in [3.8, 4) is 0 Å². The number of fused-ring (bicyclic) bond motifs is 5. The predicted molar refractivity (Wildman–Crippen MR) is 127 cm³/mol. The van der Waals surface area contributed by atoms with Gasteiger partial charge in [0, 0.05) is 16.7 Å². The lowest BCUT2D eigenvalue weighted by Gasteiger charge is -2.61. The number of carbonyl (C=O) groups is 1. The molecular weight excluding hydrogens is 436 g/mol. The Morgan fingerprint density at radius 1 is 1.06 bits per heavy atom. The maximum absolute atomic E-state index is 13.3. The van der Waals surface area contributed by atoms with Crippen LogP contribution in [-0.4, -0.2) is 71.5 Å². The summed E-state index contributed by atoms with van der Waals surface area (Å²) >= 11 is 0. The third-order valence-electron chi connectivity index (χ3n) is 10.6. The molecular formula is C27H44O7. The molecule has 0 aromatic rings. The normalized spacial score (nSPS) is 47.2. The Bertz CT molecular complexity index is 860. The Balaban J connectivity index is 1.68. The molecule has 0 spiro atoms. The van der Waals surface area contributed by atoms with E-state index in [9.17, 15) is 35.4 Å². The molecule has 10 atom stereocenters. The molecule has 0 unspecified atom stereocenters. The summed E-state index contributed by atoms with van der Waals surface area (Å²) in [4.78, 5) is 13.3. The van der Waals surface area contributed by atoms with E-state index in [-0.39, 0.29) is 24.5 Å². The van der Waals surface area contributed by atoms with E-state index in [0.29, 0.717) is 44.1 Å². The molecule has 0 bridgehead atoms. The summed E-state index contributed by atoms with van der Waals surface area (Å²) in [5.41, 5.74) is -4.59. The molecule has 0 radical (unpaired) electrons. The first-order chi connectivity index (χ1) is 15.5. The molecule has 4 aliphatic rings. The maximum Gasteiger partial charge on any atom is 0.159 e. The summed E-state index contributed by atoms with van der Waals surface area (Å²) in [6.45, 7) is 8.85. The fourth-order valence-corrected chi connectivity index (χ4v) is 8.32. The Morgan fingerprint density at radius 2 is 1.71 bits per heavy atom. The molecule has 6 N–H and O–H groups in total. The molecule has 0 aliphatic heterocycles. The molecule has 7 nitrogen and oxygen atoms in total. The molecule has 4 aliphatic carbocycles. The Morgan fingerprint density at radius 3 is 2.32 bits per heavy atom. The highest BCUT2D eigenvalue weighted by Crippen LogP contribution is 2.68. The second-order valence-corrected chi connectivity index (χ2v) is 13.1. The van der Waals surface area contributed by atoms with Crippen LogP contribution in [0.4, 0.5) is 0 Å². The van der Waals surface area contributed by atoms with Crippen molar-refractivity contribution in [1.82, 2.24) is 0 Å². The molecule has 0 saturated heterocycles. The van der Waals surface area contributed by atoms with Crippen LogP contribution < -0.4 is 0 Å². The summed E-state index contributed by atoms with van der Waals surface area (Å²) < 4.78 is 0. The van der Waals surface area contributed by atoms with Crippen LogP contribution in [0.3, 0.4) is 0 Å². The smallest absolute Gasteiger partial charge is 0.159 e. The number of ketones is 1. The number of aliphatic hydroxyl groups is 6. The fraction of sp³-hybridized carbons (Fsp3) is 0.889. The molecule has 4 rings (SSSR count). The van der Waals surface area contributed by atoms with Gasteiger partial charge in [0.1, 0.15) is 0 Å². The first kappa shape index (κ1) is 26.2. The molecule has 194 valence electrons. The van der Waals surface area contributed by atoms with Gasteiger partial charge < -0.3 is 30.6 Å². The minimum absolute atomic E-state index is 0.148. The first-order valence-electron chi connectivity index (χ1n) is 13.0. The third kappa shape index (κ3) is 3.65. The quantitative estimate of drug-likeness (QED) is 0.353. The van der Waals surface area contributed by atoms with E-state index < -0.39 is 57.8 Å². The van der Waals surface area contributed by atoms with E-state index in [2.05, 4.69) is 0 Å². The van der Waals surface area contributed by atoms with Gasteiger partial charge in [-0.25, -0.2) is 0 Å². The van der Waals surface area contributed by atoms with Crippen LogP contribution in [0.25, 0.3) is 0 Å². The van der Waals surface area contributed by atoms with Crippen LogP contribution in [0.2, 0.25) is 0 Å². The third-order valence-corrected chi connectivity index (χ3v) is 10.6. The fourth-order valence-electron chi connectivity index (χ4n) is 8.32. The molecule has 0 aromatic heterocycles. The van der Waals surface area contributed by atoms with Crippen molar-refractivity contribution in [2.45, 2.75) is 121 Å². The summed E-state index contributed by atoms with van der Waals surface area (Å²) in [5.74, 6) is -1.21. The summed E-state index contributed by atoms with van der Waals surface area (Å²) in [7, 11) is 0. The molecule has 3 saturated carbocycles. The van der Waals surface area contributed by atoms with Gasteiger partial charge in [0.05, 0.1) is 35.1 Å². The lowest BCUT2D eigenvalue weighted by molar-refractivity contribution is -0.183. The van der Waals surface area contributed by atoms with E-state index >= 15 is 0 Å². The molecule has 34 heavy (non-hydrogen) atoms. The monoisotopic (exact) mass is 480 g/mol. The highest BCUT2D eigenvalue weighted by molar-refractivity contribution is 5.95. The van der Waals surface area contributed by atoms with Gasteiger partial charge in [-0.15, -0.1) is 0 Å². The Kier molecular flexibility index (Phi) is 6.24. The van der Waals surface area contributed by atoms with E-state index in [4.69, 9.17) is 0 Å². The van der Waals surface area contributed by atoms with E-state index in [1.54, 1.807) is 26.8 Å². The van der Waals surface area contributed by atoms with Crippen LogP contribution in [0.15, 0.2) is 11.6 Å². The summed E-state index contributed by atoms with van der Waals surface area (Å²) in [6.07, 6.45) is 2.21. The van der Waals surface area contributed by atoms with Crippen LogP contribution >= 0.6 is 0 Å². The van der Waals surface area contributed by atoms with Crippen LogP contribution in [-0.2, 0) is 4.79 Å². The number of aliphatic hydroxyl groups excluding tert-OH is 3. The van der Waals surface area contributed by atoms with Gasteiger partial charge >= 0.3 is 0 Å². The zero-order valence-electron chi connectivity index (χ0n) is 21.3. The van der Waals surface area contributed by atoms with Gasteiger partial charge in [-0.2, -0.15) is 0 Å². The van der Waals surface area contributed by atoms with Crippen molar-refractivity contribution < 1.29 is 35.4 Å². The number of rotatable bonds is 5. The number of carbonyl (C=O) groups excluding carboxylic acids is 1. The first-order valence-corrected chi connectivity index (χ1v) is 13.0. The van der Waals surface area contributed by atoms with Gasteiger partial charge in [-0.1, -0.05) is 13.8 Å². The van der Waals surface area contributed by atoms with E-state index in [1.165, 1.54) is 0 Å². The van der Waals surface area contributed by atoms with Gasteiger partial charge in [-0.3, -0.25) is 4.79 Å². The van der Waals surface area contributed by atoms with Gasteiger partial charge in [-0.05, 0) is 95.6 Å². The largest absolute Gasteiger partial charge is 0.393 e. The number of hydrogen-bond acceptors (Lipinski definition) is 7. The second kappa shape index (κ2) is 8.09. The molecule has 0 amide bonds. The predicted octanol–water partition coefficient (Wildman–Crippen LogP) is 1.85. The minimum atomic E-state index is -1.47. The van der Waals surface area contributed by atoms with Crippen molar-refractivity contribution in [2.24, 2.45) is 28.6 Å². The lowest BCUT2D eigenvalue weighted by atomic mass is 9.45. The zero-order valence-corrected chi connectivity index (χ0v) is 21.3. The minimum Gasteiger partial charge on any atom is -0.393 e. The molecule has 0 aromatic carbocycles. The second-order valence-electron chi connectivity index (χ2n) is 13.1. The van der Waals surface area contributed by atoms with Gasteiger partial charge in [0.25, 0.3) is 0 Å². The molecule has 0 heterocycles. The summed E-state index contributed by atoms with van der Waals surface area (Å²) in [5, 5.41) is 66.1. The maximum atomic E-state index is 13.3. The lowest BCUT2D eigenvalue weighted by Crippen LogP contribution is -2.64. The SMILES string of the molecule is CC(C)(O)CC[C@@H](O)[C@](C)(O)[C@H]1CC[C@@]2(O)C3=CC(=O)[C@@H]4C[C@@H](O)C[C@@H](O)[C@]4(C)[C@H]3CC[C@]12C. The van der Waals surface area contributed by atoms with Crippen molar-refractivity contribution in [3.63, 3.8) is 0 Å². The average Bonchev–Trinajstić information content (AvgIpc) is 3.00. The van der Waals surface area contributed by atoms with Gasteiger partial charge in [0.15, 0.2) is 5.78 Å². The van der Waals surface area contributed by atoms with E-state index in [1.807, 2.05) is 13.8 Å². The Labute approximate surface area is 202 Å². The number of hydrogen-bond donors (Lipinski definition) is 6. The van der Waals surface area contributed by atoms with Crippen molar-refractivity contribution in [1.29, 1.82) is 0 Å². The highest BCUT2D eigenvalue weighted by Gasteiger charge is 2.69. The molecule has 7 heteroatoms. The van der Waals surface area contributed by atoms with Crippen LogP contribution in [0.1, 0.15) is 86.0 Å². The molecule has 3 fully saturated rings. The van der Waals surface area contributed by atoms with Crippen LogP contribution in [0.5, 0.6) is 0 Å². The standard InChI is InChI=1S/C27H44O7/c1-23(2,32)9-8-21(30)26(5,33)20-7-11-27(34)17-14-19(29)18-12-15(28)13-22(31)25(18,4)16(17)6-10-24(20,27)3/h14-16,18,20-22,28,30-34H,6-13H2,1-5H3/t15-,16+,18+,20+,21-,22-,24-,25-,26-,27-/m1/s1. The topological polar surface area (TPSA) is 138 Å². The Hall–Kier alpha value is -0.830. The highest BCUT2D eigenvalue weighted by atomic mass is 16.3. The van der Waals surface area contributed by atoms with E-state index in [0.717, 1.165) is 0 Å². The zero-order chi connectivity index (χ0) is 25.5. The summed E-state index contributed by atoms with van der Waals surface area (Å²) in [6, 6.07) is 0. The number of allylic oxidation sites excluding steroid dienone is 1. The van der Waals surface area contributed by atoms with Gasteiger partial charge in [0.2, 0.25) is 0 Å². The van der Waals surface area contributed by atoms with Crippen molar-refractivity contribution in [3.05, 3.63) is 11.6 Å².